The van der Waals surface area contributed by atoms with E-state index in [2.05, 4.69) is 11.8 Å². The summed E-state index contributed by atoms with van der Waals surface area (Å²) in [6.45, 7) is 6.82. The molecule has 1 aliphatic rings. The molecule has 2 aromatic rings. The first-order valence-corrected chi connectivity index (χ1v) is 13.2. The molecule has 3 rings (SSSR count). The SMILES string of the molecule is Cc1ccc(Cl)cc1N1CCN(C(=O)CCCN(c2cccc(Cl)c2C)S(C)(=O)=O)CC1. The van der Waals surface area contributed by atoms with Crippen LogP contribution < -0.4 is 9.21 Å². The number of rotatable bonds is 7. The molecule has 0 saturated carbocycles. The van der Waals surface area contributed by atoms with Crippen molar-refractivity contribution in [2.75, 3.05) is 48.2 Å². The molecule has 6 nitrogen and oxygen atoms in total. The number of halogens is 2. The number of amides is 1. The average molecular weight is 498 g/mol. The van der Waals surface area contributed by atoms with Crippen LogP contribution in [0.25, 0.3) is 0 Å². The van der Waals surface area contributed by atoms with E-state index in [9.17, 15) is 13.2 Å². The van der Waals surface area contributed by atoms with Crippen LogP contribution in [0.5, 0.6) is 0 Å². The summed E-state index contributed by atoms with van der Waals surface area (Å²) >= 11 is 12.3. The van der Waals surface area contributed by atoms with Crippen molar-refractivity contribution in [2.24, 2.45) is 0 Å². The first kappa shape index (κ1) is 24.7. The van der Waals surface area contributed by atoms with Crippen molar-refractivity contribution in [3.8, 4) is 0 Å². The van der Waals surface area contributed by atoms with Gasteiger partial charge in [0.1, 0.15) is 0 Å². The highest BCUT2D eigenvalue weighted by molar-refractivity contribution is 7.92. The molecule has 0 bridgehead atoms. The third kappa shape index (κ3) is 5.88. The highest BCUT2D eigenvalue weighted by Gasteiger charge is 2.24. The number of nitrogens with zero attached hydrogens (tertiary/aromatic N) is 3. The second kappa shape index (κ2) is 10.3. The fourth-order valence-corrected chi connectivity index (χ4v) is 5.33. The van der Waals surface area contributed by atoms with Crippen LogP contribution in [0.15, 0.2) is 36.4 Å². The maximum Gasteiger partial charge on any atom is 0.232 e. The number of carbonyl (C=O) groups is 1. The summed E-state index contributed by atoms with van der Waals surface area (Å²) in [5.41, 5.74) is 3.52. The molecule has 0 atom stereocenters. The van der Waals surface area contributed by atoms with Crippen molar-refractivity contribution in [2.45, 2.75) is 26.7 Å². The lowest BCUT2D eigenvalue weighted by Gasteiger charge is -2.37. The molecule has 0 aliphatic carbocycles. The van der Waals surface area contributed by atoms with Gasteiger partial charge in [0.15, 0.2) is 0 Å². The maximum absolute atomic E-state index is 12.7. The van der Waals surface area contributed by atoms with Crippen LogP contribution in [0.4, 0.5) is 11.4 Å². The smallest absolute Gasteiger partial charge is 0.232 e. The molecule has 0 N–H and O–H groups in total. The maximum atomic E-state index is 12.7. The Morgan fingerprint density at radius 3 is 2.41 bits per heavy atom. The largest absolute Gasteiger partial charge is 0.368 e. The predicted octanol–water partition coefficient (Wildman–Crippen LogP) is 4.51. The molecule has 1 heterocycles. The van der Waals surface area contributed by atoms with Gasteiger partial charge in [0, 0.05) is 54.9 Å². The Bertz CT molecular complexity index is 1080. The third-order valence-electron chi connectivity index (χ3n) is 5.80. The predicted molar refractivity (Wildman–Crippen MR) is 133 cm³/mol. The topological polar surface area (TPSA) is 60.9 Å². The van der Waals surface area contributed by atoms with E-state index in [0.29, 0.717) is 47.2 Å². The zero-order valence-electron chi connectivity index (χ0n) is 18.6. The van der Waals surface area contributed by atoms with Gasteiger partial charge in [-0.25, -0.2) is 8.42 Å². The normalized spacial score (nSPS) is 14.5. The van der Waals surface area contributed by atoms with E-state index in [1.165, 1.54) is 10.6 Å². The van der Waals surface area contributed by atoms with Crippen LogP contribution in [0.2, 0.25) is 10.0 Å². The highest BCUT2D eigenvalue weighted by atomic mass is 35.5. The molecule has 0 aromatic heterocycles. The van der Waals surface area contributed by atoms with Crippen molar-refractivity contribution in [3.05, 3.63) is 57.6 Å². The van der Waals surface area contributed by atoms with Crippen LogP contribution in [0.3, 0.4) is 0 Å². The van der Waals surface area contributed by atoms with E-state index in [1.54, 1.807) is 25.1 Å². The Balaban J connectivity index is 1.56. The standard InChI is InChI=1S/C23H29Cl2N3O3S/c1-17-9-10-19(24)16-22(17)26-12-14-27(15-13-26)23(29)8-5-11-28(32(3,30)31)21-7-4-6-20(25)18(21)2/h4,6-7,9-10,16H,5,8,11-15H2,1-3H3. The monoisotopic (exact) mass is 497 g/mol. The fraction of sp³-hybridized carbons (Fsp3) is 0.435. The summed E-state index contributed by atoms with van der Waals surface area (Å²) < 4.78 is 26.1. The number of hydrogen-bond donors (Lipinski definition) is 0. The van der Waals surface area contributed by atoms with E-state index in [-0.39, 0.29) is 12.5 Å². The Hall–Kier alpha value is -1.96. The first-order chi connectivity index (χ1) is 15.1. The van der Waals surface area contributed by atoms with E-state index in [4.69, 9.17) is 23.2 Å². The van der Waals surface area contributed by atoms with Crippen molar-refractivity contribution in [1.82, 2.24) is 4.90 Å². The van der Waals surface area contributed by atoms with Crippen molar-refractivity contribution in [1.29, 1.82) is 0 Å². The summed E-state index contributed by atoms with van der Waals surface area (Å²) in [7, 11) is -3.49. The van der Waals surface area contributed by atoms with Crippen LogP contribution in [0, 0.1) is 13.8 Å². The number of benzene rings is 2. The summed E-state index contributed by atoms with van der Waals surface area (Å²) in [6.07, 6.45) is 1.90. The van der Waals surface area contributed by atoms with Crippen LogP contribution in [0.1, 0.15) is 24.0 Å². The average Bonchev–Trinajstić information content (AvgIpc) is 2.74. The number of anilines is 2. The quantitative estimate of drug-likeness (QED) is 0.564. The van der Waals surface area contributed by atoms with E-state index in [0.717, 1.165) is 24.3 Å². The first-order valence-electron chi connectivity index (χ1n) is 10.6. The minimum Gasteiger partial charge on any atom is -0.368 e. The van der Waals surface area contributed by atoms with Gasteiger partial charge in [-0.2, -0.15) is 0 Å². The van der Waals surface area contributed by atoms with Gasteiger partial charge < -0.3 is 9.80 Å². The van der Waals surface area contributed by atoms with Gasteiger partial charge in [-0.05, 0) is 55.7 Å². The lowest BCUT2D eigenvalue weighted by Crippen LogP contribution is -2.49. The molecule has 0 spiro atoms. The van der Waals surface area contributed by atoms with Crippen LogP contribution in [-0.2, 0) is 14.8 Å². The van der Waals surface area contributed by atoms with Gasteiger partial charge in [0.25, 0.3) is 0 Å². The van der Waals surface area contributed by atoms with Gasteiger partial charge in [-0.1, -0.05) is 35.3 Å². The molecule has 2 aromatic carbocycles. The second-order valence-corrected chi connectivity index (χ2v) is 10.9. The summed E-state index contributed by atoms with van der Waals surface area (Å²) in [6, 6.07) is 11.0. The lowest BCUT2D eigenvalue weighted by atomic mass is 10.1. The van der Waals surface area contributed by atoms with Gasteiger partial charge in [0.2, 0.25) is 15.9 Å². The van der Waals surface area contributed by atoms with E-state index < -0.39 is 10.0 Å². The molecule has 1 amide bonds. The van der Waals surface area contributed by atoms with Crippen molar-refractivity contribution in [3.63, 3.8) is 0 Å². The number of aryl methyl sites for hydroxylation is 1. The van der Waals surface area contributed by atoms with Gasteiger partial charge in [0.05, 0.1) is 11.9 Å². The van der Waals surface area contributed by atoms with E-state index >= 15 is 0 Å². The zero-order valence-corrected chi connectivity index (χ0v) is 21.0. The number of piperazine rings is 1. The molecular formula is C23H29Cl2N3O3S. The fourth-order valence-electron chi connectivity index (χ4n) is 3.98. The number of sulfonamides is 1. The Morgan fingerprint density at radius 2 is 1.75 bits per heavy atom. The molecular weight excluding hydrogens is 469 g/mol. The molecule has 1 saturated heterocycles. The second-order valence-electron chi connectivity index (χ2n) is 8.12. The summed E-state index contributed by atoms with van der Waals surface area (Å²) in [5.74, 6) is 0.0451. The number of carbonyl (C=O) groups excluding carboxylic acids is 1. The minimum absolute atomic E-state index is 0.0451. The van der Waals surface area contributed by atoms with Gasteiger partial charge >= 0.3 is 0 Å². The molecule has 174 valence electrons. The van der Waals surface area contributed by atoms with Crippen molar-refractivity contribution >= 4 is 50.5 Å². The molecule has 32 heavy (non-hydrogen) atoms. The van der Waals surface area contributed by atoms with Gasteiger partial charge in [-0.3, -0.25) is 9.10 Å². The van der Waals surface area contributed by atoms with Crippen molar-refractivity contribution < 1.29 is 13.2 Å². The summed E-state index contributed by atoms with van der Waals surface area (Å²) in [5, 5.41) is 1.22. The Kier molecular flexibility index (Phi) is 7.96. The van der Waals surface area contributed by atoms with E-state index in [1.807, 2.05) is 23.1 Å². The molecule has 1 fully saturated rings. The Labute approximate surface area is 200 Å². The highest BCUT2D eigenvalue weighted by Crippen LogP contribution is 2.29. The molecule has 0 radical (unpaired) electrons. The Morgan fingerprint density at radius 1 is 1.06 bits per heavy atom. The van der Waals surface area contributed by atoms with Crippen LogP contribution >= 0.6 is 23.2 Å². The molecule has 1 aliphatic heterocycles. The van der Waals surface area contributed by atoms with Crippen LogP contribution in [-0.4, -0.2) is 58.2 Å². The zero-order chi connectivity index (χ0) is 23.5. The third-order valence-corrected chi connectivity index (χ3v) is 7.63. The molecule has 0 unspecified atom stereocenters. The lowest BCUT2D eigenvalue weighted by molar-refractivity contribution is -0.131. The minimum atomic E-state index is -3.49. The van der Waals surface area contributed by atoms with Gasteiger partial charge in [-0.15, -0.1) is 0 Å². The molecule has 9 heteroatoms. The number of hydrogen-bond acceptors (Lipinski definition) is 4. The summed E-state index contributed by atoms with van der Waals surface area (Å²) in [4.78, 5) is 16.8.